The first-order chi connectivity index (χ1) is 14.8. The van der Waals surface area contributed by atoms with Gasteiger partial charge in [0.1, 0.15) is 6.61 Å². The minimum Gasteiger partial charge on any atom is -0.493 e. The maximum absolute atomic E-state index is 12.6. The zero-order chi connectivity index (χ0) is 20.8. The van der Waals surface area contributed by atoms with E-state index >= 15 is 0 Å². The van der Waals surface area contributed by atoms with Gasteiger partial charge in [-0.15, -0.1) is 16.4 Å². The van der Waals surface area contributed by atoms with Gasteiger partial charge in [-0.05, 0) is 35.7 Å². The average Bonchev–Trinajstić information content (AvgIpc) is 3.47. The van der Waals surface area contributed by atoms with Gasteiger partial charge in [-0.2, -0.15) is 0 Å². The zero-order valence-electron chi connectivity index (χ0n) is 16.3. The molecule has 0 aliphatic carbocycles. The number of thiophene rings is 1. The third-order valence-corrected chi connectivity index (χ3v) is 5.13. The van der Waals surface area contributed by atoms with Gasteiger partial charge in [0, 0.05) is 0 Å². The van der Waals surface area contributed by atoms with E-state index in [1.54, 1.807) is 23.1 Å². The smallest absolute Gasteiger partial charge is 0.291 e. The van der Waals surface area contributed by atoms with Gasteiger partial charge in [0.15, 0.2) is 17.3 Å². The van der Waals surface area contributed by atoms with Gasteiger partial charge in [-0.1, -0.05) is 36.4 Å². The third-order valence-electron chi connectivity index (χ3n) is 4.27. The highest BCUT2D eigenvalue weighted by atomic mass is 32.1. The summed E-state index contributed by atoms with van der Waals surface area (Å²) in [4.78, 5) is 18.0. The zero-order valence-corrected chi connectivity index (χ0v) is 17.1. The first-order valence-electron chi connectivity index (χ1n) is 9.36. The molecular formula is C22H20N4O3S. The van der Waals surface area contributed by atoms with Gasteiger partial charge >= 0.3 is 0 Å². The molecule has 2 heterocycles. The maximum Gasteiger partial charge on any atom is 0.291 e. The van der Waals surface area contributed by atoms with Gasteiger partial charge < -0.3 is 14.8 Å². The molecule has 0 saturated heterocycles. The maximum atomic E-state index is 12.6. The Balaban J connectivity index is 1.45. The van der Waals surface area contributed by atoms with E-state index in [1.807, 2.05) is 72.1 Å². The van der Waals surface area contributed by atoms with Crippen LogP contribution in [-0.2, 0) is 0 Å². The lowest BCUT2D eigenvalue weighted by Crippen LogP contribution is -2.29. The number of para-hydroxylation sites is 3. The number of carbonyl (C=O) groups excluding carboxylic acids is 1. The summed E-state index contributed by atoms with van der Waals surface area (Å²) in [5.41, 5.74) is 0.840. The number of methoxy groups -OCH3 is 1. The molecular weight excluding hydrogens is 400 g/mol. The van der Waals surface area contributed by atoms with Crippen molar-refractivity contribution < 1.29 is 14.3 Å². The van der Waals surface area contributed by atoms with E-state index in [1.165, 1.54) is 0 Å². The monoisotopic (exact) mass is 420 g/mol. The molecule has 30 heavy (non-hydrogen) atoms. The van der Waals surface area contributed by atoms with Gasteiger partial charge in [0.2, 0.25) is 5.82 Å². The first kappa shape index (κ1) is 19.7. The Labute approximate surface area is 177 Å². The van der Waals surface area contributed by atoms with Crippen LogP contribution in [0, 0.1) is 0 Å². The Kier molecular flexibility index (Phi) is 6.05. The van der Waals surface area contributed by atoms with Crippen molar-refractivity contribution in [3.8, 4) is 27.9 Å². The van der Waals surface area contributed by atoms with Crippen LogP contribution in [0.1, 0.15) is 10.6 Å². The van der Waals surface area contributed by atoms with E-state index < -0.39 is 0 Å². The molecule has 2 aromatic heterocycles. The number of ether oxygens (including phenoxy) is 2. The predicted molar refractivity (Wildman–Crippen MR) is 115 cm³/mol. The molecule has 0 bridgehead atoms. The van der Waals surface area contributed by atoms with E-state index in [-0.39, 0.29) is 11.7 Å². The SMILES string of the molecule is COc1ccccc1OCCNC(=O)c1nc(-c2cccs2)n(-c2ccccc2)n1. The summed E-state index contributed by atoms with van der Waals surface area (Å²) >= 11 is 1.55. The summed E-state index contributed by atoms with van der Waals surface area (Å²) in [6.45, 7) is 0.606. The average molecular weight is 420 g/mol. The van der Waals surface area contributed by atoms with Crippen molar-refractivity contribution in [1.29, 1.82) is 0 Å². The molecule has 0 spiro atoms. The van der Waals surface area contributed by atoms with Crippen molar-refractivity contribution in [3.05, 3.63) is 77.9 Å². The van der Waals surface area contributed by atoms with Crippen LogP contribution in [0.4, 0.5) is 0 Å². The van der Waals surface area contributed by atoms with Crippen LogP contribution in [0.3, 0.4) is 0 Å². The fourth-order valence-corrected chi connectivity index (χ4v) is 3.56. The van der Waals surface area contributed by atoms with Crippen molar-refractivity contribution in [1.82, 2.24) is 20.1 Å². The van der Waals surface area contributed by atoms with Crippen LogP contribution < -0.4 is 14.8 Å². The second-order valence-corrected chi connectivity index (χ2v) is 7.19. The number of rotatable bonds is 8. The quantitative estimate of drug-likeness (QED) is 0.439. The molecule has 0 unspecified atom stereocenters. The minimum absolute atomic E-state index is 0.111. The van der Waals surface area contributed by atoms with Gasteiger partial charge in [0.05, 0.1) is 24.2 Å². The Hall–Kier alpha value is -3.65. The lowest BCUT2D eigenvalue weighted by molar-refractivity contribution is 0.0936. The Bertz CT molecular complexity index is 1110. The predicted octanol–water partition coefficient (Wildman–Crippen LogP) is 3.81. The van der Waals surface area contributed by atoms with Crippen LogP contribution in [0.15, 0.2) is 72.1 Å². The molecule has 0 fully saturated rings. The van der Waals surface area contributed by atoms with E-state index in [0.717, 1.165) is 10.6 Å². The van der Waals surface area contributed by atoms with Crippen LogP contribution in [0.5, 0.6) is 11.5 Å². The number of aromatic nitrogens is 3. The molecule has 8 heteroatoms. The van der Waals surface area contributed by atoms with Crippen LogP contribution in [-0.4, -0.2) is 40.9 Å². The van der Waals surface area contributed by atoms with E-state index in [4.69, 9.17) is 9.47 Å². The molecule has 0 atom stereocenters. The topological polar surface area (TPSA) is 78.3 Å². The number of hydrogen-bond acceptors (Lipinski definition) is 6. The van der Waals surface area contributed by atoms with E-state index in [9.17, 15) is 4.79 Å². The molecule has 0 radical (unpaired) electrons. The normalized spacial score (nSPS) is 10.6. The molecule has 4 rings (SSSR count). The summed E-state index contributed by atoms with van der Waals surface area (Å²) in [6, 6.07) is 20.9. The molecule has 1 N–H and O–H groups in total. The fourth-order valence-electron chi connectivity index (χ4n) is 2.87. The summed E-state index contributed by atoms with van der Waals surface area (Å²) < 4.78 is 12.6. The molecule has 1 amide bonds. The number of carbonyl (C=O) groups is 1. The Morgan fingerprint density at radius 2 is 1.80 bits per heavy atom. The number of hydrogen-bond donors (Lipinski definition) is 1. The third kappa shape index (κ3) is 4.33. The molecule has 4 aromatic rings. The summed E-state index contributed by atoms with van der Waals surface area (Å²) in [5, 5.41) is 9.21. The Morgan fingerprint density at radius 3 is 2.53 bits per heavy atom. The van der Waals surface area contributed by atoms with Crippen molar-refractivity contribution in [3.63, 3.8) is 0 Å². The molecule has 0 aliphatic rings. The fraction of sp³-hybridized carbons (Fsp3) is 0.136. The highest BCUT2D eigenvalue weighted by Gasteiger charge is 2.19. The van der Waals surface area contributed by atoms with Crippen molar-refractivity contribution >= 4 is 17.2 Å². The van der Waals surface area contributed by atoms with Gasteiger partial charge in [-0.25, -0.2) is 9.67 Å². The van der Waals surface area contributed by atoms with Crippen LogP contribution in [0.25, 0.3) is 16.4 Å². The standard InChI is InChI=1S/C22H20N4O3S/c1-28-17-10-5-6-11-18(17)29-14-13-23-22(27)20-24-21(19-12-7-15-30-19)26(25-20)16-8-3-2-4-9-16/h2-12,15H,13-14H2,1H3,(H,23,27). The molecule has 7 nitrogen and oxygen atoms in total. The number of nitrogens with zero attached hydrogens (tertiary/aromatic N) is 3. The Morgan fingerprint density at radius 1 is 1.03 bits per heavy atom. The highest BCUT2D eigenvalue weighted by Crippen LogP contribution is 2.26. The highest BCUT2D eigenvalue weighted by molar-refractivity contribution is 7.13. The van der Waals surface area contributed by atoms with Gasteiger partial charge in [0.25, 0.3) is 5.91 Å². The van der Waals surface area contributed by atoms with E-state index in [2.05, 4.69) is 15.4 Å². The molecule has 0 aliphatic heterocycles. The lowest BCUT2D eigenvalue weighted by atomic mass is 10.3. The van der Waals surface area contributed by atoms with Crippen LogP contribution >= 0.6 is 11.3 Å². The molecule has 0 saturated carbocycles. The van der Waals surface area contributed by atoms with Crippen molar-refractivity contribution in [2.24, 2.45) is 0 Å². The van der Waals surface area contributed by atoms with E-state index in [0.29, 0.717) is 30.5 Å². The second kappa shape index (κ2) is 9.23. The molecule has 152 valence electrons. The van der Waals surface area contributed by atoms with Crippen molar-refractivity contribution in [2.75, 3.05) is 20.3 Å². The summed E-state index contributed by atoms with van der Waals surface area (Å²) in [5.74, 6) is 1.66. The molecule has 2 aromatic carbocycles. The largest absolute Gasteiger partial charge is 0.493 e. The summed E-state index contributed by atoms with van der Waals surface area (Å²) in [7, 11) is 1.59. The minimum atomic E-state index is -0.355. The van der Waals surface area contributed by atoms with Crippen LogP contribution in [0.2, 0.25) is 0 Å². The number of nitrogens with one attached hydrogen (secondary N) is 1. The summed E-state index contributed by atoms with van der Waals surface area (Å²) in [6.07, 6.45) is 0. The van der Waals surface area contributed by atoms with Gasteiger partial charge in [-0.3, -0.25) is 4.79 Å². The lowest BCUT2D eigenvalue weighted by Gasteiger charge is -2.10. The second-order valence-electron chi connectivity index (χ2n) is 6.24. The van der Waals surface area contributed by atoms with Crippen molar-refractivity contribution in [2.45, 2.75) is 0 Å². The number of amides is 1. The first-order valence-corrected chi connectivity index (χ1v) is 10.2. The number of benzene rings is 2.